The van der Waals surface area contributed by atoms with Gasteiger partial charge in [0.1, 0.15) is 5.82 Å². The Morgan fingerprint density at radius 1 is 1.48 bits per heavy atom. The third-order valence-corrected chi connectivity index (χ3v) is 3.24. The molecule has 2 rings (SSSR count). The molecule has 7 heteroatoms. The highest BCUT2D eigenvalue weighted by Crippen LogP contribution is 2.18. The van der Waals surface area contributed by atoms with E-state index < -0.39 is 5.82 Å². The monoisotopic (exact) mass is 294 g/mol. The summed E-state index contributed by atoms with van der Waals surface area (Å²) in [5, 5.41) is 17.6. The van der Waals surface area contributed by atoms with Crippen molar-refractivity contribution in [2.45, 2.75) is 31.8 Å². The van der Waals surface area contributed by atoms with E-state index in [1.807, 2.05) is 0 Å². The van der Waals surface area contributed by atoms with Crippen molar-refractivity contribution in [1.82, 2.24) is 10.6 Å². The van der Waals surface area contributed by atoms with Crippen LogP contribution in [-0.4, -0.2) is 29.5 Å². The SMILES string of the molecule is NC(=NO)c1cc(F)ccc1CNCCC(=O)NC1CC1. The van der Waals surface area contributed by atoms with Gasteiger partial charge >= 0.3 is 0 Å². The topological polar surface area (TPSA) is 99.7 Å². The average molecular weight is 294 g/mol. The van der Waals surface area contributed by atoms with E-state index >= 15 is 0 Å². The fraction of sp³-hybridized carbons (Fsp3) is 0.429. The molecule has 5 N–H and O–H groups in total. The molecule has 0 heterocycles. The Morgan fingerprint density at radius 2 is 2.24 bits per heavy atom. The molecule has 21 heavy (non-hydrogen) atoms. The lowest BCUT2D eigenvalue weighted by molar-refractivity contribution is -0.121. The number of halogens is 1. The van der Waals surface area contributed by atoms with Crippen LogP contribution in [0.4, 0.5) is 4.39 Å². The summed E-state index contributed by atoms with van der Waals surface area (Å²) in [4.78, 5) is 11.5. The minimum absolute atomic E-state index is 0.0285. The number of nitrogens with one attached hydrogen (secondary N) is 2. The van der Waals surface area contributed by atoms with Crippen LogP contribution in [-0.2, 0) is 11.3 Å². The third kappa shape index (κ3) is 4.71. The predicted octanol–water partition coefficient (Wildman–Crippen LogP) is 0.679. The van der Waals surface area contributed by atoms with Gasteiger partial charge in [0, 0.05) is 31.1 Å². The van der Waals surface area contributed by atoms with E-state index in [9.17, 15) is 9.18 Å². The Morgan fingerprint density at radius 3 is 2.90 bits per heavy atom. The van der Waals surface area contributed by atoms with Crippen LogP contribution in [0.2, 0.25) is 0 Å². The number of nitrogens with two attached hydrogens (primary N) is 1. The van der Waals surface area contributed by atoms with Gasteiger partial charge in [0.15, 0.2) is 5.84 Å². The molecule has 0 bridgehead atoms. The van der Waals surface area contributed by atoms with E-state index in [0.717, 1.165) is 12.8 Å². The van der Waals surface area contributed by atoms with Gasteiger partial charge in [0.25, 0.3) is 0 Å². The van der Waals surface area contributed by atoms with Crippen LogP contribution < -0.4 is 16.4 Å². The normalized spacial score (nSPS) is 15.0. The lowest BCUT2D eigenvalue weighted by atomic mass is 10.1. The van der Waals surface area contributed by atoms with Crippen molar-refractivity contribution >= 4 is 11.7 Å². The predicted molar refractivity (Wildman–Crippen MR) is 76.4 cm³/mol. The summed E-state index contributed by atoms with van der Waals surface area (Å²) in [6.07, 6.45) is 2.52. The lowest BCUT2D eigenvalue weighted by Gasteiger charge is -2.10. The van der Waals surface area contributed by atoms with Crippen molar-refractivity contribution in [3.05, 3.63) is 35.1 Å². The van der Waals surface area contributed by atoms with Gasteiger partial charge in [-0.05, 0) is 30.5 Å². The molecule has 1 amide bonds. The maximum atomic E-state index is 13.2. The highest BCUT2D eigenvalue weighted by molar-refractivity contribution is 5.98. The highest BCUT2D eigenvalue weighted by Gasteiger charge is 2.22. The van der Waals surface area contributed by atoms with Gasteiger partial charge in [-0.25, -0.2) is 4.39 Å². The molecular formula is C14H19FN4O2. The number of rotatable bonds is 7. The number of carbonyl (C=O) groups is 1. The maximum absolute atomic E-state index is 13.2. The van der Waals surface area contributed by atoms with Crippen molar-refractivity contribution in [2.75, 3.05) is 6.54 Å². The van der Waals surface area contributed by atoms with Crippen molar-refractivity contribution < 1.29 is 14.4 Å². The number of carbonyl (C=O) groups excluding carboxylic acids is 1. The number of hydrogen-bond donors (Lipinski definition) is 4. The van der Waals surface area contributed by atoms with Crippen LogP contribution >= 0.6 is 0 Å². The van der Waals surface area contributed by atoms with Gasteiger partial charge in [-0.3, -0.25) is 4.79 Å². The molecule has 1 aliphatic carbocycles. The van der Waals surface area contributed by atoms with Crippen LogP contribution in [0.1, 0.15) is 30.4 Å². The Kier molecular flexibility index (Phi) is 5.10. The zero-order valence-corrected chi connectivity index (χ0v) is 11.6. The highest BCUT2D eigenvalue weighted by atomic mass is 19.1. The van der Waals surface area contributed by atoms with E-state index in [2.05, 4.69) is 15.8 Å². The van der Waals surface area contributed by atoms with E-state index in [1.54, 1.807) is 6.07 Å². The summed E-state index contributed by atoms with van der Waals surface area (Å²) in [7, 11) is 0. The van der Waals surface area contributed by atoms with Crippen LogP contribution in [0, 0.1) is 5.82 Å². The molecule has 1 aromatic carbocycles. The van der Waals surface area contributed by atoms with Crippen molar-refractivity contribution in [3.63, 3.8) is 0 Å². The van der Waals surface area contributed by atoms with Gasteiger partial charge < -0.3 is 21.6 Å². The number of oxime groups is 1. The Labute approximate surface area is 122 Å². The number of amidine groups is 1. The van der Waals surface area contributed by atoms with E-state index in [-0.39, 0.29) is 11.7 Å². The molecule has 1 fully saturated rings. The molecule has 0 aromatic heterocycles. The molecule has 1 aliphatic rings. The van der Waals surface area contributed by atoms with Gasteiger partial charge in [-0.1, -0.05) is 11.2 Å². The van der Waals surface area contributed by atoms with Gasteiger partial charge in [0.2, 0.25) is 5.91 Å². The van der Waals surface area contributed by atoms with Crippen LogP contribution in [0.3, 0.4) is 0 Å². The summed E-state index contributed by atoms with van der Waals surface area (Å²) in [5.41, 5.74) is 6.56. The minimum atomic E-state index is -0.454. The van der Waals surface area contributed by atoms with Crippen molar-refractivity contribution in [1.29, 1.82) is 0 Å². The average Bonchev–Trinajstić information content (AvgIpc) is 3.27. The van der Waals surface area contributed by atoms with E-state index in [4.69, 9.17) is 10.9 Å². The van der Waals surface area contributed by atoms with E-state index in [1.165, 1.54) is 12.1 Å². The molecule has 1 saturated carbocycles. The van der Waals surface area contributed by atoms with Gasteiger partial charge in [-0.2, -0.15) is 0 Å². The molecule has 6 nitrogen and oxygen atoms in total. The zero-order chi connectivity index (χ0) is 15.2. The fourth-order valence-corrected chi connectivity index (χ4v) is 1.95. The summed E-state index contributed by atoms with van der Waals surface area (Å²) in [5.74, 6) is -0.567. The fourth-order valence-electron chi connectivity index (χ4n) is 1.95. The first-order valence-corrected chi connectivity index (χ1v) is 6.86. The van der Waals surface area contributed by atoms with Gasteiger partial charge in [0.05, 0.1) is 0 Å². The standard InChI is InChI=1S/C14H19FN4O2/c15-10-2-1-9(12(7-10)14(16)19-21)8-17-6-5-13(20)18-11-3-4-11/h1-2,7,11,17,21H,3-6,8H2,(H2,16,19)(H,18,20). The number of amides is 1. The minimum Gasteiger partial charge on any atom is -0.409 e. The number of nitrogens with zero attached hydrogens (tertiary/aromatic N) is 1. The zero-order valence-electron chi connectivity index (χ0n) is 11.6. The molecule has 0 unspecified atom stereocenters. The molecule has 0 spiro atoms. The first-order chi connectivity index (χ1) is 10.1. The Hall–Kier alpha value is -2.15. The molecule has 114 valence electrons. The van der Waals surface area contributed by atoms with Crippen molar-refractivity contribution in [2.24, 2.45) is 10.9 Å². The first kappa shape index (κ1) is 15.2. The first-order valence-electron chi connectivity index (χ1n) is 6.86. The number of benzene rings is 1. The van der Waals surface area contributed by atoms with Crippen LogP contribution in [0.5, 0.6) is 0 Å². The molecule has 0 aliphatic heterocycles. The summed E-state index contributed by atoms with van der Waals surface area (Å²) in [6.45, 7) is 0.911. The molecule has 0 saturated heterocycles. The largest absolute Gasteiger partial charge is 0.409 e. The molecule has 0 radical (unpaired) electrons. The molecule has 0 atom stereocenters. The summed E-state index contributed by atoms with van der Waals surface area (Å²) >= 11 is 0. The second-order valence-corrected chi connectivity index (χ2v) is 5.06. The van der Waals surface area contributed by atoms with Crippen LogP contribution in [0.25, 0.3) is 0 Å². The Bertz CT molecular complexity index is 544. The van der Waals surface area contributed by atoms with Crippen LogP contribution in [0.15, 0.2) is 23.4 Å². The lowest BCUT2D eigenvalue weighted by Crippen LogP contribution is -2.29. The van der Waals surface area contributed by atoms with Crippen molar-refractivity contribution in [3.8, 4) is 0 Å². The Balaban J connectivity index is 1.83. The summed E-state index contributed by atoms with van der Waals surface area (Å²) in [6, 6.07) is 4.46. The molecular weight excluding hydrogens is 275 g/mol. The second-order valence-electron chi connectivity index (χ2n) is 5.06. The third-order valence-electron chi connectivity index (χ3n) is 3.24. The molecule has 1 aromatic rings. The summed E-state index contributed by atoms with van der Waals surface area (Å²) < 4.78 is 13.2. The maximum Gasteiger partial charge on any atom is 0.221 e. The smallest absolute Gasteiger partial charge is 0.221 e. The second kappa shape index (κ2) is 7.03. The van der Waals surface area contributed by atoms with E-state index in [0.29, 0.717) is 36.7 Å². The number of hydrogen-bond acceptors (Lipinski definition) is 4. The quantitative estimate of drug-likeness (QED) is 0.195. The van der Waals surface area contributed by atoms with Gasteiger partial charge in [-0.15, -0.1) is 0 Å².